The SMILES string of the molecule is CCCCC(CC)CC(Cc1ccc(Cl)c(Cl)c1)NCC. The maximum atomic E-state index is 6.12. The summed E-state index contributed by atoms with van der Waals surface area (Å²) in [6, 6.07) is 6.51. The number of benzene rings is 1. The molecule has 0 fully saturated rings. The summed E-state index contributed by atoms with van der Waals surface area (Å²) in [5, 5.41) is 4.92. The van der Waals surface area contributed by atoms with Gasteiger partial charge in [-0.15, -0.1) is 0 Å². The molecule has 0 bridgehead atoms. The average molecular weight is 330 g/mol. The molecule has 0 saturated heterocycles. The van der Waals surface area contributed by atoms with Gasteiger partial charge in [-0.3, -0.25) is 0 Å². The number of nitrogens with one attached hydrogen (secondary N) is 1. The van der Waals surface area contributed by atoms with Crippen LogP contribution < -0.4 is 5.32 Å². The largest absolute Gasteiger partial charge is 0.314 e. The van der Waals surface area contributed by atoms with E-state index in [0.29, 0.717) is 16.1 Å². The minimum Gasteiger partial charge on any atom is -0.314 e. The molecule has 21 heavy (non-hydrogen) atoms. The summed E-state index contributed by atoms with van der Waals surface area (Å²) >= 11 is 12.1. The lowest BCUT2D eigenvalue weighted by Gasteiger charge is -2.24. The first-order valence-electron chi connectivity index (χ1n) is 8.27. The molecule has 0 aliphatic heterocycles. The zero-order chi connectivity index (χ0) is 15.7. The highest BCUT2D eigenvalue weighted by atomic mass is 35.5. The summed E-state index contributed by atoms with van der Waals surface area (Å²) in [4.78, 5) is 0. The van der Waals surface area contributed by atoms with Crippen LogP contribution in [0.4, 0.5) is 0 Å². The third-order valence-corrected chi connectivity index (χ3v) is 4.86. The van der Waals surface area contributed by atoms with Gasteiger partial charge in [-0.2, -0.15) is 0 Å². The number of hydrogen-bond donors (Lipinski definition) is 1. The van der Waals surface area contributed by atoms with Gasteiger partial charge in [0.05, 0.1) is 10.0 Å². The Labute approximate surface area is 140 Å². The summed E-state index contributed by atoms with van der Waals surface area (Å²) in [6.45, 7) is 7.76. The van der Waals surface area contributed by atoms with Crippen molar-refractivity contribution in [3.63, 3.8) is 0 Å². The summed E-state index contributed by atoms with van der Waals surface area (Å²) in [5.74, 6) is 0.816. The van der Waals surface area contributed by atoms with Crippen LogP contribution in [0.3, 0.4) is 0 Å². The normalized spacial score (nSPS) is 14.1. The molecule has 0 amide bonds. The van der Waals surface area contributed by atoms with Crippen LogP contribution in [0.25, 0.3) is 0 Å². The van der Waals surface area contributed by atoms with Gasteiger partial charge >= 0.3 is 0 Å². The van der Waals surface area contributed by atoms with Crippen LogP contribution in [0, 0.1) is 5.92 Å². The van der Waals surface area contributed by atoms with Crippen molar-refractivity contribution < 1.29 is 0 Å². The lowest BCUT2D eigenvalue weighted by molar-refractivity contribution is 0.350. The molecule has 0 spiro atoms. The standard InChI is InChI=1S/C18H29Cl2N/c1-4-7-8-14(5-2)11-16(21-6-3)12-15-9-10-17(19)18(20)13-15/h9-10,13-14,16,21H,4-8,11-12H2,1-3H3. The molecule has 1 N–H and O–H groups in total. The maximum absolute atomic E-state index is 6.12. The van der Waals surface area contributed by atoms with Crippen LogP contribution >= 0.6 is 23.2 Å². The third kappa shape index (κ3) is 7.04. The van der Waals surface area contributed by atoms with Crippen molar-refractivity contribution in [2.24, 2.45) is 5.92 Å². The van der Waals surface area contributed by atoms with Crippen LogP contribution in [0.1, 0.15) is 58.4 Å². The quantitative estimate of drug-likeness (QED) is 0.545. The van der Waals surface area contributed by atoms with E-state index in [2.05, 4.69) is 32.2 Å². The average Bonchev–Trinajstić information content (AvgIpc) is 2.47. The van der Waals surface area contributed by atoms with Crippen molar-refractivity contribution in [3.05, 3.63) is 33.8 Å². The second-order valence-electron chi connectivity index (χ2n) is 5.86. The Balaban J connectivity index is 2.64. The summed E-state index contributed by atoms with van der Waals surface area (Å²) in [6.07, 6.45) is 7.50. The first-order valence-corrected chi connectivity index (χ1v) is 9.03. The molecule has 1 rings (SSSR count). The van der Waals surface area contributed by atoms with Crippen LogP contribution in [0.15, 0.2) is 18.2 Å². The number of hydrogen-bond acceptors (Lipinski definition) is 1. The molecule has 0 aliphatic carbocycles. The fourth-order valence-corrected chi connectivity index (χ4v) is 3.18. The first kappa shape index (κ1) is 18.8. The molecule has 0 saturated carbocycles. The van der Waals surface area contributed by atoms with Crippen molar-refractivity contribution >= 4 is 23.2 Å². The van der Waals surface area contributed by atoms with E-state index >= 15 is 0 Å². The van der Waals surface area contributed by atoms with Crippen LogP contribution in [0.5, 0.6) is 0 Å². The predicted octanol–water partition coefficient (Wildman–Crippen LogP) is 6.12. The molecule has 120 valence electrons. The van der Waals surface area contributed by atoms with E-state index in [0.717, 1.165) is 18.9 Å². The van der Waals surface area contributed by atoms with E-state index in [1.807, 2.05) is 12.1 Å². The van der Waals surface area contributed by atoms with Crippen molar-refractivity contribution in [1.82, 2.24) is 5.32 Å². The fraction of sp³-hybridized carbons (Fsp3) is 0.667. The molecular weight excluding hydrogens is 301 g/mol. The summed E-state index contributed by atoms with van der Waals surface area (Å²) in [5.41, 5.74) is 1.26. The second-order valence-corrected chi connectivity index (χ2v) is 6.67. The van der Waals surface area contributed by atoms with Crippen molar-refractivity contribution in [3.8, 4) is 0 Å². The molecule has 0 aliphatic rings. The fourth-order valence-electron chi connectivity index (χ4n) is 2.86. The van der Waals surface area contributed by atoms with E-state index in [4.69, 9.17) is 23.2 Å². The molecule has 0 radical (unpaired) electrons. The van der Waals surface area contributed by atoms with Gasteiger partial charge in [0, 0.05) is 6.04 Å². The third-order valence-electron chi connectivity index (χ3n) is 4.12. The molecule has 1 nitrogen and oxygen atoms in total. The topological polar surface area (TPSA) is 12.0 Å². The van der Waals surface area contributed by atoms with Gasteiger partial charge in [-0.25, -0.2) is 0 Å². The highest BCUT2D eigenvalue weighted by Gasteiger charge is 2.15. The van der Waals surface area contributed by atoms with Crippen molar-refractivity contribution in [2.45, 2.75) is 65.3 Å². The highest BCUT2D eigenvalue weighted by molar-refractivity contribution is 6.42. The van der Waals surface area contributed by atoms with Crippen molar-refractivity contribution in [1.29, 1.82) is 0 Å². The maximum Gasteiger partial charge on any atom is 0.0595 e. The van der Waals surface area contributed by atoms with E-state index in [-0.39, 0.29) is 0 Å². The minimum atomic E-state index is 0.522. The Hall–Kier alpha value is -0.240. The Morgan fingerprint density at radius 2 is 1.86 bits per heavy atom. The van der Waals surface area contributed by atoms with E-state index in [1.165, 1.54) is 37.7 Å². The van der Waals surface area contributed by atoms with E-state index < -0.39 is 0 Å². The molecule has 3 heteroatoms. The monoisotopic (exact) mass is 329 g/mol. The Bertz CT molecular complexity index is 406. The number of unbranched alkanes of at least 4 members (excludes halogenated alkanes) is 1. The Kier molecular flexibility index (Phi) is 9.39. The molecule has 1 aromatic carbocycles. The Morgan fingerprint density at radius 1 is 1.10 bits per heavy atom. The highest BCUT2D eigenvalue weighted by Crippen LogP contribution is 2.25. The van der Waals surface area contributed by atoms with Gasteiger partial charge < -0.3 is 5.32 Å². The zero-order valence-corrected chi connectivity index (χ0v) is 15.1. The van der Waals surface area contributed by atoms with Gasteiger partial charge in [0.25, 0.3) is 0 Å². The zero-order valence-electron chi connectivity index (χ0n) is 13.6. The second kappa shape index (κ2) is 10.5. The molecule has 2 unspecified atom stereocenters. The molecule has 2 atom stereocenters. The Morgan fingerprint density at radius 3 is 2.43 bits per heavy atom. The summed E-state index contributed by atoms with van der Waals surface area (Å²) in [7, 11) is 0. The first-order chi connectivity index (χ1) is 10.1. The number of rotatable bonds is 10. The van der Waals surface area contributed by atoms with Crippen LogP contribution in [0.2, 0.25) is 10.0 Å². The lowest BCUT2D eigenvalue weighted by atomic mass is 9.89. The van der Waals surface area contributed by atoms with E-state index in [1.54, 1.807) is 0 Å². The molecule has 0 heterocycles. The van der Waals surface area contributed by atoms with Gasteiger partial charge in [-0.1, -0.05) is 75.7 Å². The number of halogens is 2. The van der Waals surface area contributed by atoms with Crippen LogP contribution in [-0.2, 0) is 6.42 Å². The minimum absolute atomic E-state index is 0.522. The van der Waals surface area contributed by atoms with Gasteiger partial charge in [0.1, 0.15) is 0 Å². The van der Waals surface area contributed by atoms with Gasteiger partial charge in [0.2, 0.25) is 0 Å². The van der Waals surface area contributed by atoms with Gasteiger partial charge in [0.15, 0.2) is 0 Å². The van der Waals surface area contributed by atoms with Crippen molar-refractivity contribution in [2.75, 3.05) is 6.54 Å². The van der Waals surface area contributed by atoms with E-state index in [9.17, 15) is 0 Å². The predicted molar refractivity (Wildman–Crippen MR) is 95.6 cm³/mol. The lowest BCUT2D eigenvalue weighted by Crippen LogP contribution is -2.33. The van der Waals surface area contributed by atoms with Gasteiger partial charge in [-0.05, 0) is 43.0 Å². The molecular formula is C18H29Cl2N. The molecule has 1 aromatic rings. The summed E-state index contributed by atoms with van der Waals surface area (Å²) < 4.78 is 0. The van der Waals surface area contributed by atoms with Crippen LogP contribution in [-0.4, -0.2) is 12.6 Å². The smallest absolute Gasteiger partial charge is 0.0595 e. The molecule has 0 aromatic heterocycles. The number of likely N-dealkylation sites (N-methyl/N-ethyl adjacent to an activating group) is 1.